The summed E-state index contributed by atoms with van der Waals surface area (Å²) in [6.07, 6.45) is 2.07. The average molecular weight is 430 g/mol. The summed E-state index contributed by atoms with van der Waals surface area (Å²) in [5.41, 5.74) is 5.58. The minimum absolute atomic E-state index is 0.0374. The SMILES string of the molecule is CCCCN(C)C(=O)c1ccc2c(c1)N=C(c1ccccc1NC)c1ccccc1S2. The molecule has 158 valence electrons. The fourth-order valence-electron chi connectivity index (χ4n) is 3.70. The maximum atomic E-state index is 13.0. The Balaban J connectivity index is 1.83. The Kier molecular flexibility index (Phi) is 6.42. The van der Waals surface area contributed by atoms with Crippen LogP contribution >= 0.6 is 11.8 Å². The first kappa shape index (κ1) is 21.2. The standard InChI is InChI=1S/C26H27N3OS/c1-4-5-16-29(3)26(30)18-14-15-24-22(17-18)28-25(19-10-6-8-12-21(19)27-2)20-11-7-9-13-23(20)31-24/h6-15,17,27H,4-5,16H2,1-3H3. The second-order valence-corrected chi connectivity index (χ2v) is 8.70. The van der Waals surface area contributed by atoms with Gasteiger partial charge in [0.05, 0.1) is 11.4 Å². The predicted octanol–water partition coefficient (Wildman–Crippen LogP) is 6.23. The predicted molar refractivity (Wildman–Crippen MR) is 130 cm³/mol. The van der Waals surface area contributed by atoms with Gasteiger partial charge in [-0.15, -0.1) is 0 Å². The van der Waals surface area contributed by atoms with Crippen LogP contribution in [0.25, 0.3) is 0 Å². The summed E-state index contributed by atoms with van der Waals surface area (Å²) in [6.45, 7) is 2.89. The third-order valence-corrected chi connectivity index (χ3v) is 6.59. The van der Waals surface area contributed by atoms with Crippen molar-refractivity contribution in [3.63, 3.8) is 0 Å². The van der Waals surface area contributed by atoms with E-state index >= 15 is 0 Å². The number of benzene rings is 3. The summed E-state index contributed by atoms with van der Waals surface area (Å²) >= 11 is 1.70. The Hall–Kier alpha value is -3.05. The van der Waals surface area contributed by atoms with E-state index in [1.165, 1.54) is 0 Å². The van der Waals surface area contributed by atoms with Gasteiger partial charge in [0, 0.05) is 52.8 Å². The molecule has 1 amide bonds. The number of aliphatic imine (C=N–C) groups is 1. The topological polar surface area (TPSA) is 44.7 Å². The molecule has 1 N–H and O–H groups in total. The molecule has 3 aromatic rings. The molecule has 4 rings (SSSR count). The van der Waals surface area contributed by atoms with Crippen LogP contribution in [0, 0.1) is 0 Å². The van der Waals surface area contributed by atoms with E-state index in [0.717, 1.165) is 57.4 Å². The van der Waals surface area contributed by atoms with Crippen molar-refractivity contribution in [3.05, 3.63) is 83.4 Å². The number of anilines is 1. The molecule has 0 fully saturated rings. The first-order chi connectivity index (χ1) is 15.1. The van der Waals surface area contributed by atoms with Gasteiger partial charge < -0.3 is 10.2 Å². The number of hydrogen-bond acceptors (Lipinski definition) is 4. The minimum atomic E-state index is 0.0374. The first-order valence-electron chi connectivity index (χ1n) is 10.6. The summed E-state index contributed by atoms with van der Waals surface area (Å²) in [4.78, 5) is 22.1. The molecule has 0 spiro atoms. The first-order valence-corrected chi connectivity index (χ1v) is 11.5. The highest BCUT2D eigenvalue weighted by Gasteiger charge is 2.22. The Bertz CT molecular complexity index is 1140. The number of fused-ring (bicyclic) bond motifs is 2. The lowest BCUT2D eigenvalue weighted by atomic mass is 10.00. The van der Waals surface area contributed by atoms with Crippen molar-refractivity contribution in [2.45, 2.75) is 29.6 Å². The van der Waals surface area contributed by atoms with Crippen LogP contribution in [0.5, 0.6) is 0 Å². The zero-order valence-electron chi connectivity index (χ0n) is 18.2. The highest BCUT2D eigenvalue weighted by Crippen LogP contribution is 2.42. The van der Waals surface area contributed by atoms with Crippen LogP contribution in [0.4, 0.5) is 11.4 Å². The number of para-hydroxylation sites is 1. The second kappa shape index (κ2) is 9.40. The van der Waals surface area contributed by atoms with E-state index in [-0.39, 0.29) is 5.91 Å². The Morgan fingerprint density at radius 3 is 2.52 bits per heavy atom. The summed E-state index contributed by atoms with van der Waals surface area (Å²) in [6, 6.07) is 22.4. The lowest BCUT2D eigenvalue weighted by molar-refractivity contribution is 0.0793. The highest BCUT2D eigenvalue weighted by atomic mass is 32.2. The molecule has 5 heteroatoms. The molecule has 0 saturated heterocycles. The molecule has 0 radical (unpaired) electrons. The summed E-state index contributed by atoms with van der Waals surface area (Å²) < 4.78 is 0. The van der Waals surface area contributed by atoms with E-state index < -0.39 is 0 Å². The zero-order chi connectivity index (χ0) is 21.8. The van der Waals surface area contributed by atoms with Crippen LogP contribution in [0.3, 0.4) is 0 Å². The van der Waals surface area contributed by atoms with E-state index in [4.69, 9.17) is 4.99 Å². The van der Waals surface area contributed by atoms with E-state index in [1.807, 2.05) is 50.5 Å². The Morgan fingerprint density at radius 2 is 1.74 bits per heavy atom. The van der Waals surface area contributed by atoms with Gasteiger partial charge in [-0.2, -0.15) is 0 Å². The molecule has 3 aromatic carbocycles. The van der Waals surface area contributed by atoms with E-state index in [9.17, 15) is 4.79 Å². The largest absolute Gasteiger partial charge is 0.388 e. The van der Waals surface area contributed by atoms with Gasteiger partial charge in [-0.3, -0.25) is 4.79 Å². The lowest BCUT2D eigenvalue weighted by Crippen LogP contribution is -2.27. The Morgan fingerprint density at radius 1 is 1.00 bits per heavy atom. The number of carbonyl (C=O) groups is 1. The minimum Gasteiger partial charge on any atom is -0.388 e. The van der Waals surface area contributed by atoms with Crippen molar-refractivity contribution in [1.82, 2.24) is 4.90 Å². The molecular formula is C26H27N3OS. The lowest BCUT2D eigenvalue weighted by Gasteiger charge is -2.17. The molecule has 0 bridgehead atoms. The molecule has 4 nitrogen and oxygen atoms in total. The van der Waals surface area contributed by atoms with Crippen LogP contribution < -0.4 is 5.32 Å². The van der Waals surface area contributed by atoms with Gasteiger partial charge in [0.15, 0.2) is 0 Å². The van der Waals surface area contributed by atoms with Crippen molar-refractivity contribution in [3.8, 4) is 0 Å². The summed E-state index contributed by atoms with van der Waals surface area (Å²) in [5, 5.41) is 3.28. The van der Waals surface area contributed by atoms with Gasteiger partial charge in [-0.05, 0) is 36.8 Å². The second-order valence-electron chi connectivity index (χ2n) is 7.62. The molecule has 1 aliphatic heterocycles. The third-order valence-electron chi connectivity index (χ3n) is 5.45. The highest BCUT2D eigenvalue weighted by molar-refractivity contribution is 7.99. The molecule has 0 saturated carbocycles. The fourth-order valence-corrected chi connectivity index (χ4v) is 4.71. The maximum absolute atomic E-state index is 13.0. The Labute approximate surface area is 188 Å². The monoisotopic (exact) mass is 429 g/mol. The molecule has 1 aliphatic rings. The molecule has 0 aromatic heterocycles. The quantitative estimate of drug-likeness (QED) is 0.395. The number of hydrogen-bond donors (Lipinski definition) is 1. The van der Waals surface area contributed by atoms with E-state index in [0.29, 0.717) is 5.56 Å². The van der Waals surface area contributed by atoms with E-state index in [2.05, 4.69) is 42.6 Å². The summed E-state index contributed by atoms with van der Waals surface area (Å²) in [5.74, 6) is 0.0374. The number of carbonyl (C=O) groups excluding carboxylic acids is 1. The molecule has 0 aliphatic carbocycles. The molecule has 0 unspecified atom stereocenters. The fraction of sp³-hybridized carbons (Fsp3) is 0.231. The smallest absolute Gasteiger partial charge is 0.253 e. The maximum Gasteiger partial charge on any atom is 0.253 e. The van der Waals surface area contributed by atoms with Gasteiger partial charge in [-0.25, -0.2) is 4.99 Å². The van der Waals surface area contributed by atoms with Gasteiger partial charge in [0.2, 0.25) is 0 Å². The molecule has 31 heavy (non-hydrogen) atoms. The molecular weight excluding hydrogens is 402 g/mol. The zero-order valence-corrected chi connectivity index (χ0v) is 19.0. The number of nitrogens with zero attached hydrogens (tertiary/aromatic N) is 2. The molecule has 0 atom stereocenters. The van der Waals surface area contributed by atoms with Crippen molar-refractivity contribution < 1.29 is 4.79 Å². The number of rotatable bonds is 6. The van der Waals surface area contributed by atoms with Crippen molar-refractivity contribution in [2.75, 3.05) is 26.0 Å². The van der Waals surface area contributed by atoms with Crippen LogP contribution in [0.2, 0.25) is 0 Å². The number of unbranched alkanes of at least 4 members (excludes halogenated alkanes) is 1. The van der Waals surface area contributed by atoms with Gasteiger partial charge in [0.25, 0.3) is 5.91 Å². The average Bonchev–Trinajstić information content (AvgIpc) is 2.98. The number of amides is 1. The van der Waals surface area contributed by atoms with Crippen molar-refractivity contribution in [1.29, 1.82) is 0 Å². The van der Waals surface area contributed by atoms with Crippen molar-refractivity contribution in [2.24, 2.45) is 4.99 Å². The molecule has 1 heterocycles. The van der Waals surface area contributed by atoms with Gasteiger partial charge in [-0.1, -0.05) is 61.5 Å². The van der Waals surface area contributed by atoms with Crippen LogP contribution in [-0.2, 0) is 0 Å². The number of nitrogens with one attached hydrogen (secondary N) is 1. The van der Waals surface area contributed by atoms with E-state index in [1.54, 1.807) is 16.7 Å². The summed E-state index contributed by atoms with van der Waals surface area (Å²) in [7, 11) is 3.79. The third kappa shape index (κ3) is 4.37. The van der Waals surface area contributed by atoms with Gasteiger partial charge in [0.1, 0.15) is 0 Å². The van der Waals surface area contributed by atoms with Crippen LogP contribution in [0.15, 0.2) is 81.5 Å². The van der Waals surface area contributed by atoms with Crippen LogP contribution in [0.1, 0.15) is 41.3 Å². The van der Waals surface area contributed by atoms with Crippen LogP contribution in [-0.4, -0.2) is 37.2 Å². The van der Waals surface area contributed by atoms with Gasteiger partial charge >= 0.3 is 0 Å². The normalized spacial score (nSPS) is 12.3. The van der Waals surface area contributed by atoms with Crippen molar-refractivity contribution >= 4 is 34.8 Å².